The zero-order chi connectivity index (χ0) is 26.6. The number of anilines is 2. The normalized spacial score (nSPS) is 31.8. The molecule has 7 rings (SSSR count). The van der Waals surface area contributed by atoms with E-state index < -0.39 is 17.4 Å². The summed E-state index contributed by atoms with van der Waals surface area (Å²) >= 11 is 0. The summed E-state index contributed by atoms with van der Waals surface area (Å²) in [5, 5.41) is 14.1. The van der Waals surface area contributed by atoms with Crippen molar-refractivity contribution < 1.29 is 23.8 Å². The van der Waals surface area contributed by atoms with Crippen molar-refractivity contribution in [3.8, 4) is 0 Å². The summed E-state index contributed by atoms with van der Waals surface area (Å²) in [6, 6.07) is 10.3. The number of ether oxygens (including phenoxy) is 1. The molecule has 4 saturated carbocycles. The third-order valence-corrected chi connectivity index (χ3v) is 9.15. The van der Waals surface area contributed by atoms with Gasteiger partial charge >= 0.3 is 5.97 Å². The quantitative estimate of drug-likeness (QED) is 0.582. The topological polar surface area (TPSA) is 95.0 Å². The van der Waals surface area contributed by atoms with Gasteiger partial charge in [0.2, 0.25) is 0 Å². The summed E-state index contributed by atoms with van der Waals surface area (Å²) in [7, 11) is 1.24. The van der Waals surface area contributed by atoms with Crippen LogP contribution in [0.1, 0.15) is 59.9 Å². The molecule has 1 aromatic heterocycles. The SMILES string of the molecule is COC(=O)c1cc(N2CCN(c3cccc(C(=O)NC4[C@@H]5CC6C[C@@H]4CC(O)(C6)C5)n3)[C@H](C)C2)ccc1F. The number of esters is 1. The van der Waals surface area contributed by atoms with Crippen LogP contribution in [0.2, 0.25) is 0 Å². The number of amides is 1. The average Bonchev–Trinajstić information content (AvgIpc) is 2.89. The van der Waals surface area contributed by atoms with E-state index in [1.807, 2.05) is 12.1 Å². The Labute approximate surface area is 222 Å². The van der Waals surface area contributed by atoms with Crippen LogP contribution in [-0.4, -0.2) is 66.4 Å². The molecule has 2 N–H and O–H groups in total. The van der Waals surface area contributed by atoms with Crippen LogP contribution in [0.5, 0.6) is 0 Å². The lowest BCUT2D eigenvalue weighted by atomic mass is 9.52. The maximum atomic E-state index is 14.1. The summed E-state index contributed by atoms with van der Waals surface area (Å²) in [6.07, 6.45) is 4.68. The molecule has 38 heavy (non-hydrogen) atoms. The number of carbonyl (C=O) groups is 2. The maximum absolute atomic E-state index is 14.1. The number of hydrogen-bond donors (Lipinski definition) is 2. The summed E-state index contributed by atoms with van der Waals surface area (Å²) in [4.78, 5) is 34.2. The van der Waals surface area contributed by atoms with Crippen molar-refractivity contribution in [3.63, 3.8) is 0 Å². The van der Waals surface area contributed by atoms with E-state index in [-0.39, 0.29) is 23.6 Å². The van der Waals surface area contributed by atoms with Gasteiger partial charge in [0.25, 0.3) is 5.91 Å². The Morgan fingerprint density at radius 1 is 1.13 bits per heavy atom. The molecule has 202 valence electrons. The Bertz CT molecular complexity index is 1240. The molecule has 1 amide bonds. The maximum Gasteiger partial charge on any atom is 0.340 e. The second-order valence-corrected chi connectivity index (χ2v) is 11.7. The summed E-state index contributed by atoms with van der Waals surface area (Å²) < 4.78 is 18.8. The molecule has 2 heterocycles. The number of methoxy groups -OCH3 is 1. The molecule has 9 heteroatoms. The number of rotatable bonds is 5. The highest BCUT2D eigenvalue weighted by molar-refractivity contribution is 5.93. The zero-order valence-corrected chi connectivity index (χ0v) is 21.9. The van der Waals surface area contributed by atoms with Gasteiger partial charge in [0.1, 0.15) is 17.3 Å². The van der Waals surface area contributed by atoms with Crippen LogP contribution in [-0.2, 0) is 4.74 Å². The summed E-state index contributed by atoms with van der Waals surface area (Å²) in [6.45, 7) is 4.06. The van der Waals surface area contributed by atoms with E-state index >= 15 is 0 Å². The highest BCUT2D eigenvalue weighted by Crippen LogP contribution is 2.55. The number of nitrogens with one attached hydrogen (secondary N) is 1. The van der Waals surface area contributed by atoms with Gasteiger partial charge in [0, 0.05) is 37.4 Å². The number of nitrogens with zero attached hydrogens (tertiary/aromatic N) is 3. The van der Waals surface area contributed by atoms with E-state index in [0.29, 0.717) is 43.1 Å². The number of carbonyl (C=O) groups excluding carboxylic acids is 2. The minimum atomic E-state index is -0.695. The van der Waals surface area contributed by atoms with E-state index in [1.165, 1.54) is 19.2 Å². The molecule has 1 aromatic carbocycles. The molecule has 1 aliphatic heterocycles. The van der Waals surface area contributed by atoms with Gasteiger partial charge in [-0.15, -0.1) is 0 Å². The van der Waals surface area contributed by atoms with Gasteiger partial charge in [-0.3, -0.25) is 4.79 Å². The second-order valence-electron chi connectivity index (χ2n) is 11.7. The van der Waals surface area contributed by atoms with Gasteiger partial charge in [0.15, 0.2) is 0 Å². The number of aromatic nitrogens is 1. The van der Waals surface area contributed by atoms with E-state index in [2.05, 4.69) is 22.0 Å². The van der Waals surface area contributed by atoms with Crippen molar-refractivity contribution in [2.45, 2.75) is 56.7 Å². The minimum absolute atomic E-state index is 0.0752. The number of pyridine rings is 1. The second kappa shape index (κ2) is 9.52. The number of piperazine rings is 1. The Kier molecular flexibility index (Phi) is 6.29. The van der Waals surface area contributed by atoms with E-state index in [4.69, 9.17) is 9.72 Å². The Morgan fingerprint density at radius 3 is 2.58 bits per heavy atom. The van der Waals surface area contributed by atoms with Crippen molar-refractivity contribution in [2.24, 2.45) is 17.8 Å². The van der Waals surface area contributed by atoms with Crippen LogP contribution in [0.4, 0.5) is 15.9 Å². The fourth-order valence-corrected chi connectivity index (χ4v) is 7.66. The first-order valence-electron chi connectivity index (χ1n) is 13.6. The lowest BCUT2D eigenvalue weighted by Gasteiger charge is -2.58. The first-order valence-corrected chi connectivity index (χ1v) is 13.6. The zero-order valence-electron chi connectivity index (χ0n) is 21.9. The number of halogens is 1. The summed E-state index contributed by atoms with van der Waals surface area (Å²) in [5.41, 5.74) is 0.572. The Morgan fingerprint density at radius 2 is 1.89 bits per heavy atom. The highest BCUT2D eigenvalue weighted by Gasteiger charge is 2.55. The first kappa shape index (κ1) is 25.1. The third-order valence-electron chi connectivity index (χ3n) is 9.15. The van der Waals surface area contributed by atoms with Crippen molar-refractivity contribution in [1.82, 2.24) is 10.3 Å². The van der Waals surface area contributed by atoms with Crippen molar-refractivity contribution in [2.75, 3.05) is 36.5 Å². The number of benzene rings is 1. The predicted molar refractivity (Wildman–Crippen MR) is 141 cm³/mol. The van der Waals surface area contributed by atoms with Crippen LogP contribution in [0.25, 0.3) is 0 Å². The molecule has 5 aliphatic rings. The van der Waals surface area contributed by atoms with Crippen LogP contribution in [0.3, 0.4) is 0 Å². The molecule has 0 radical (unpaired) electrons. The molecule has 5 fully saturated rings. The van der Waals surface area contributed by atoms with Crippen LogP contribution in [0, 0.1) is 23.6 Å². The molecular weight excluding hydrogens is 487 g/mol. The van der Waals surface area contributed by atoms with E-state index in [0.717, 1.165) is 43.6 Å². The largest absolute Gasteiger partial charge is 0.465 e. The molecule has 0 unspecified atom stereocenters. The monoisotopic (exact) mass is 522 g/mol. The van der Waals surface area contributed by atoms with Crippen LogP contribution in [0.15, 0.2) is 36.4 Å². The van der Waals surface area contributed by atoms with Gasteiger partial charge in [-0.25, -0.2) is 14.2 Å². The Balaban J connectivity index is 1.13. The molecule has 1 saturated heterocycles. The molecule has 2 aromatic rings. The van der Waals surface area contributed by atoms with Gasteiger partial charge in [-0.1, -0.05) is 6.07 Å². The smallest absolute Gasteiger partial charge is 0.340 e. The van der Waals surface area contributed by atoms with E-state index in [9.17, 15) is 19.1 Å². The molecule has 3 atom stereocenters. The summed E-state index contributed by atoms with van der Waals surface area (Å²) in [5.74, 6) is 0.586. The predicted octanol–water partition coefficient (Wildman–Crippen LogP) is 3.39. The average molecular weight is 523 g/mol. The van der Waals surface area contributed by atoms with Gasteiger partial charge in [0.05, 0.1) is 18.3 Å². The van der Waals surface area contributed by atoms with Crippen LogP contribution < -0.4 is 15.1 Å². The fraction of sp³-hybridized carbons (Fsp3) is 0.552. The first-order chi connectivity index (χ1) is 18.2. The van der Waals surface area contributed by atoms with Crippen molar-refractivity contribution in [1.29, 1.82) is 0 Å². The molecule has 4 aliphatic carbocycles. The third kappa shape index (κ3) is 4.51. The standard InChI is InChI=1S/C29H35FN4O4/c1-17-16-33(21-6-7-23(30)22(12-21)28(36)38-2)8-9-34(17)25-5-3-4-24(31-25)27(35)32-26-19-10-18-11-20(26)15-29(37,13-18)14-19/h3-7,12,17-20,26,37H,8-11,13-16H2,1-2H3,(H,32,35)/t17-,18?,19-,20-,26?,29?/m1/s1. The molecule has 0 spiro atoms. The highest BCUT2D eigenvalue weighted by atomic mass is 19.1. The molecule has 4 bridgehead atoms. The lowest BCUT2D eigenvalue weighted by Crippen LogP contribution is -2.61. The Hall–Kier alpha value is -3.20. The molecule has 8 nitrogen and oxygen atoms in total. The molecular formula is C29H35FN4O4. The minimum Gasteiger partial charge on any atom is -0.465 e. The fourth-order valence-electron chi connectivity index (χ4n) is 7.66. The van der Waals surface area contributed by atoms with Gasteiger partial charge in [-0.2, -0.15) is 0 Å². The number of aliphatic hydroxyl groups is 1. The van der Waals surface area contributed by atoms with Crippen molar-refractivity contribution >= 4 is 23.4 Å². The van der Waals surface area contributed by atoms with Gasteiger partial charge in [-0.05, 0) is 87.1 Å². The van der Waals surface area contributed by atoms with Crippen molar-refractivity contribution in [3.05, 3.63) is 53.5 Å². The number of hydrogen-bond acceptors (Lipinski definition) is 7. The lowest BCUT2D eigenvalue weighted by molar-refractivity contribution is -0.136. The van der Waals surface area contributed by atoms with E-state index in [1.54, 1.807) is 12.1 Å². The van der Waals surface area contributed by atoms with Gasteiger partial charge < -0.3 is 25.0 Å². The van der Waals surface area contributed by atoms with Crippen LogP contribution >= 0.6 is 0 Å².